The lowest BCUT2D eigenvalue weighted by Crippen LogP contribution is -2.48. The molecule has 0 aromatic rings. The lowest BCUT2D eigenvalue weighted by molar-refractivity contribution is -0.259. The summed E-state index contributed by atoms with van der Waals surface area (Å²) in [7, 11) is 1.65. The Labute approximate surface area is 61.7 Å². The fourth-order valence-electron chi connectivity index (χ4n) is 0.408. The zero-order valence-electron chi connectivity index (χ0n) is 6.01. The fourth-order valence-corrected chi connectivity index (χ4v) is 0.408. The van der Waals surface area contributed by atoms with Gasteiger partial charge in [0, 0.05) is 7.11 Å². The highest BCUT2D eigenvalue weighted by molar-refractivity contribution is 5.77. The number of esters is 1. The zero-order chi connectivity index (χ0) is 9.07. The molecule has 0 saturated carbocycles. The minimum atomic E-state index is -3.33. The number of methoxy groups -OCH3 is 2. The first-order valence-electron chi connectivity index (χ1n) is 2.63. The second-order valence-corrected chi connectivity index (χ2v) is 1.69. The van der Waals surface area contributed by atoms with Crippen LogP contribution in [0.3, 0.4) is 0 Å². The monoisotopic (exact) mass is 170 g/mol. The highest BCUT2D eigenvalue weighted by Crippen LogP contribution is 2.17. The van der Waals surface area contributed by atoms with E-state index in [1.807, 2.05) is 0 Å². The Hall–Kier alpha value is -0.750. The molecule has 0 bridgehead atoms. The van der Waals surface area contributed by atoms with Crippen LogP contribution in [0.15, 0.2) is 0 Å². The van der Waals surface area contributed by atoms with Crippen molar-refractivity contribution in [3.63, 3.8) is 0 Å². The molecule has 1 N–H and O–H groups in total. The van der Waals surface area contributed by atoms with E-state index in [0.29, 0.717) is 0 Å². The second kappa shape index (κ2) is 3.59. The maximum Gasteiger partial charge on any atom is 0.372 e. The van der Waals surface area contributed by atoms with Crippen LogP contribution >= 0.6 is 0 Å². The van der Waals surface area contributed by atoms with E-state index >= 15 is 0 Å². The fraction of sp³-hybridized carbons (Fsp3) is 0.800. The summed E-state index contributed by atoms with van der Waals surface area (Å²) in [5.41, 5.74) is 0. The lowest BCUT2D eigenvalue weighted by atomic mass is 10.3. The lowest BCUT2D eigenvalue weighted by Gasteiger charge is -2.21. The molecule has 0 aliphatic carbocycles. The van der Waals surface area contributed by atoms with Crippen LogP contribution in [-0.4, -0.2) is 37.5 Å². The molecule has 0 heterocycles. The van der Waals surface area contributed by atoms with Crippen molar-refractivity contribution in [2.45, 2.75) is 12.2 Å². The molecule has 6 heteroatoms. The number of hydrogen-bond donors (Lipinski definition) is 1. The molecule has 0 amide bonds. The summed E-state index contributed by atoms with van der Waals surface area (Å²) in [6.07, 6.45) is -3.33. The van der Waals surface area contributed by atoms with Gasteiger partial charge in [-0.2, -0.15) is 0 Å². The quantitative estimate of drug-likeness (QED) is 0.469. The van der Waals surface area contributed by atoms with Crippen molar-refractivity contribution in [3.05, 3.63) is 0 Å². The molecule has 66 valence electrons. The van der Waals surface area contributed by atoms with Crippen LogP contribution in [0.25, 0.3) is 0 Å². The number of carbonyl (C=O) groups excluding carboxylic acids is 1. The van der Waals surface area contributed by atoms with Gasteiger partial charge in [0.25, 0.3) is 0 Å². The Balaban J connectivity index is 4.45. The third kappa shape index (κ3) is 1.84. The molecule has 1 atom stereocenters. The van der Waals surface area contributed by atoms with Crippen LogP contribution in [0.2, 0.25) is 0 Å². The average molecular weight is 170 g/mol. The van der Waals surface area contributed by atoms with Gasteiger partial charge in [0.2, 0.25) is 0 Å². The van der Waals surface area contributed by atoms with E-state index in [9.17, 15) is 13.6 Å². The maximum atomic E-state index is 11.8. The van der Waals surface area contributed by atoms with Crippen LogP contribution in [0.5, 0.6) is 0 Å². The Morgan fingerprint density at radius 3 is 2.09 bits per heavy atom. The molecule has 0 aromatic heterocycles. The third-order valence-corrected chi connectivity index (χ3v) is 1.08. The number of rotatable bonds is 3. The van der Waals surface area contributed by atoms with Crippen molar-refractivity contribution in [3.8, 4) is 0 Å². The molecular formula is C5H8F2O4. The molecule has 0 fully saturated rings. The van der Waals surface area contributed by atoms with Gasteiger partial charge in [0.05, 0.1) is 7.11 Å². The number of alkyl halides is 2. The average Bonchev–Trinajstić information content (AvgIpc) is 2.01. The topological polar surface area (TPSA) is 55.8 Å². The largest absolute Gasteiger partial charge is 0.465 e. The van der Waals surface area contributed by atoms with Crippen LogP contribution in [0.1, 0.15) is 0 Å². The molecule has 0 saturated heterocycles. The van der Waals surface area contributed by atoms with E-state index in [1.54, 1.807) is 0 Å². The van der Waals surface area contributed by atoms with Gasteiger partial charge in [-0.25, -0.2) is 13.6 Å². The molecule has 0 radical (unpaired) electrons. The summed E-state index contributed by atoms with van der Waals surface area (Å²) in [5.74, 6) is -4.66. The number of hydrogen-bond acceptors (Lipinski definition) is 4. The number of aliphatic hydroxyl groups is 1. The summed E-state index contributed by atoms with van der Waals surface area (Å²) < 4.78 is 31.4. The molecule has 0 spiro atoms. The Morgan fingerprint density at radius 1 is 1.55 bits per heavy atom. The molecule has 0 aliphatic heterocycles. The maximum absolute atomic E-state index is 11.8. The van der Waals surface area contributed by atoms with E-state index in [2.05, 4.69) is 9.47 Å². The normalized spacial score (nSPS) is 16.2. The molecule has 0 aliphatic rings. The molecule has 0 aromatic carbocycles. The Bertz CT molecular complexity index is 149. The zero-order valence-corrected chi connectivity index (χ0v) is 6.01. The predicted octanol–water partition coefficient (Wildman–Crippen LogP) is -0.240. The van der Waals surface area contributed by atoms with Gasteiger partial charge < -0.3 is 14.6 Å². The van der Waals surface area contributed by atoms with E-state index in [1.165, 1.54) is 0 Å². The predicted molar refractivity (Wildman–Crippen MR) is 30.0 cm³/mol. The van der Waals surface area contributed by atoms with Crippen molar-refractivity contribution < 1.29 is 28.2 Å². The first kappa shape index (κ1) is 10.2. The van der Waals surface area contributed by atoms with Gasteiger partial charge in [0.15, 0.2) is 0 Å². The Morgan fingerprint density at radius 2 is 2.00 bits per heavy atom. The van der Waals surface area contributed by atoms with E-state index in [4.69, 9.17) is 5.11 Å². The van der Waals surface area contributed by atoms with Crippen LogP contribution in [-0.2, 0) is 14.3 Å². The summed E-state index contributed by atoms with van der Waals surface area (Å²) in [6, 6.07) is 0. The number of ether oxygens (including phenoxy) is 2. The minimum Gasteiger partial charge on any atom is -0.465 e. The van der Waals surface area contributed by atoms with Crippen molar-refractivity contribution in [2.24, 2.45) is 0 Å². The Kier molecular flexibility index (Phi) is 3.34. The van der Waals surface area contributed by atoms with Crippen molar-refractivity contribution in [2.75, 3.05) is 14.2 Å². The van der Waals surface area contributed by atoms with Crippen LogP contribution < -0.4 is 0 Å². The summed E-state index contributed by atoms with van der Waals surface area (Å²) in [6.45, 7) is 0. The second-order valence-electron chi connectivity index (χ2n) is 1.69. The van der Waals surface area contributed by atoms with Gasteiger partial charge >= 0.3 is 18.2 Å². The van der Waals surface area contributed by atoms with Crippen molar-refractivity contribution in [1.29, 1.82) is 0 Å². The van der Waals surface area contributed by atoms with E-state index < -0.39 is 18.2 Å². The molecule has 11 heavy (non-hydrogen) atoms. The molecule has 0 rings (SSSR count). The number of carbonyl (C=O) groups is 1. The van der Waals surface area contributed by atoms with Crippen LogP contribution in [0, 0.1) is 0 Å². The SMILES string of the molecule is COC(=O)C(O)(OC)C(F)F. The first-order chi connectivity index (χ1) is 4.99. The van der Waals surface area contributed by atoms with Crippen molar-refractivity contribution >= 4 is 5.97 Å². The van der Waals surface area contributed by atoms with Gasteiger partial charge in [-0.3, -0.25) is 0 Å². The summed E-state index contributed by atoms with van der Waals surface area (Å²) in [4.78, 5) is 10.4. The highest BCUT2D eigenvalue weighted by atomic mass is 19.3. The number of halogens is 2. The van der Waals surface area contributed by atoms with E-state index in [0.717, 1.165) is 14.2 Å². The summed E-state index contributed by atoms with van der Waals surface area (Å²) >= 11 is 0. The minimum absolute atomic E-state index is 0.781. The van der Waals surface area contributed by atoms with Crippen LogP contribution in [0.4, 0.5) is 8.78 Å². The molecule has 1 unspecified atom stereocenters. The van der Waals surface area contributed by atoms with E-state index in [-0.39, 0.29) is 0 Å². The van der Waals surface area contributed by atoms with Gasteiger partial charge in [-0.15, -0.1) is 0 Å². The molecule has 4 nitrogen and oxygen atoms in total. The first-order valence-corrected chi connectivity index (χ1v) is 2.63. The van der Waals surface area contributed by atoms with Gasteiger partial charge in [0.1, 0.15) is 0 Å². The third-order valence-electron chi connectivity index (χ3n) is 1.08. The highest BCUT2D eigenvalue weighted by Gasteiger charge is 2.47. The standard InChI is InChI=1S/C5H8F2O4/c1-10-4(8)5(9,11-2)3(6)7/h3,9H,1-2H3. The molecular weight excluding hydrogens is 162 g/mol. The summed E-state index contributed by atoms with van der Waals surface area (Å²) in [5, 5.41) is 8.72. The van der Waals surface area contributed by atoms with Gasteiger partial charge in [-0.05, 0) is 0 Å². The smallest absolute Gasteiger partial charge is 0.372 e. The van der Waals surface area contributed by atoms with Gasteiger partial charge in [-0.1, -0.05) is 0 Å². The van der Waals surface area contributed by atoms with Crippen molar-refractivity contribution in [1.82, 2.24) is 0 Å².